The fraction of sp³-hybridized carbons (Fsp3) is 0.250. The molecule has 0 N–H and O–H groups in total. The minimum absolute atomic E-state index is 0.726. The van der Waals surface area contributed by atoms with Crippen LogP contribution in [0, 0.1) is 0 Å². The van der Waals surface area contributed by atoms with Crippen molar-refractivity contribution in [3.63, 3.8) is 0 Å². The molecule has 0 unspecified atom stereocenters. The number of anilines is 3. The Labute approximate surface area is 182 Å². The molecule has 156 valence electrons. The Bertz CT molecular complexity index is 1140. The van der Waals surface area contributed by atoms with Crippen LogP contribution in [-0.4, -0.2) is 58.1 Å². The van der Waals surface area contributed by atoms with E-state index in [4.69, 9.17) is 9.97 Å². The van der Waals surface area contributed by atoms with E-state index in [2.05, 4.69) is 56.0 Å². The van der Waals surface area contributed by atoms with E-state index >= 15 is 0 Å². The summed E-state index contributed by atoms with van der Waals surface area (Å²) >= 11 is 0. The van der Waals surface area contributed by atoms with Crippen LogP contribution < -0.4 is 9.80 Å². The molecule has 0 spiro atoms. The highest BCUT2D eigenvalue weighted by Gasteiger charge is 2.21. The van der Waals surface area contributed by atoms with Crippen molar-refractivity contribution < 1.29 is 0 Å². The van der Waals surface area contributed by atoms with Gasteiger partial charge in [0.25, 0.3) is 0 Å². The summed E-state index contributed by atoms with van der Waals surface area (Å²) < 4.78 is 0. The lowest BCUT2D eigenvalue weighted by molar-refractivity contribution is 0.243. The molecule has 3 heterocycles. The van der Waals surface area contributed by atoms with Crippen LogP contribution in [-0.2, 0) is 6.54 Å². The Morgan fingerprint density at radius 2 is 1.52 bits per heavy atom. The minimum atomic E-state index is 0.726. The van der Waals surface area contributed by atoms with Gasteiger partial charge in [-0.3, -0.25) is 4.90 Å². The van der Waals surface area contributed by atoms with Gasteiger partial charge in [-0.05, 0) is 30.3 Å². The predicted molar refractivity (Wildman–Crippen MR) is 124 cm³/mol. The van der Waals surface area contributed by atoms with Crippen LogP contribution >= 0.6 is 0 Å². The van der Waals surface area contributed by atoms with Gasteiger partial charge >= 0.3 is 0 Å². The molecule has 0 aliphatic carbocycles. The molecule has 5 rings (SSSR count). The SMILES string of the molecule is CN(c1ccccc1)c1nc(CN2CCN(c3ncccn3)CC2)nc2ccccc12. The third-order valence-corrected chi connectivity index (χ3v) is 5.66. The number of hydrogen-bond donors (Lipinski definition) is 0. The summed E-state index contributed by atoms with van der Waals surface area (Å²) in [5, 5.41) is 1.06. The van der Waals surface area contributed by atoms with E-state index in [0.717, 1.165) is 66.9 Å². The second kappa shape index (κ2) is 8.65. The molecule has 2 aromatic carbocycles. The number of aromatic nitrogens is 4. The predicted octanol–water partition coefficient (Wildman–Crippen LogP) is 3.51. The fourth-order valence-electron chi connectivity index (χ4n) is 3.97. The van der Waals surface area contributed by atoms with Gasteiger partial charge in [-0.15, -0.1) is 0 Å². The van der Waals surface area contributed by atoms with Gasteiger partial charge in [-0.1, -0.05) is 30.3 Å². The van der Waals surface area contributed by atoms with Gasteiger partial charge < -0.3 is 9.80 Å². The second-order valence-electron chi connectivity index (χ2n) is 7.69. The first-order valence-corrected chi connectivity index (χ1v) is 10.6. The zero-order valence-corrected chi connectivity index (χ0v) is 17.6. The lowest BCUT2D eigenvalue weighted by Crippen LogP contribution is -2.46. The van der Waals surface area contributed by atoms with Crippen LogP contribution in [0.1, 0.15) is 5.82 Å². The fourth-order valence-corrected chi connectivity index (χ4v) is 3.97. The Morgan fingerprint density at radius 3 is 2.29 bits per heavy atom. The van der Waals surface area contributed by atoms with Crippen molar-refractivity contribution in [1.82, 2.24) is 24.8 Å². The zero-order valence-electron chi connectivity index (χ0n) is 17.6. The molecule has 0 radical (unpaired) electrons. The Kier molecular flexibility index (Phi) is 5.41. The molecular formula is C24H25N7. The number of hydrogen-bond acceptors (Lipinski definition) is 7. The third kappa shape index (κ3) is 4.18. The highest BCUT2D eigenvalue weighted by molar-refractivity contribution is 5.91. The van der Waals surface area contributed by atoms with Gasteiger partial charge in [0.2, 0.25) is 5.95 Å². The molecule has 1 fully saturated rings. The maximum absolute atomic E-state index is 4.98. The minimum Gasteiger partial charge on any atom is -0.338 e. The standard InChI is InChI=1S/C24H25N7/c1-29(19-8-3-2-4-9-19)23-20-10-5-6-11-21(20)27-22(28-23)18-30-14-16-31(17-15-30)24-25-12-7-13-26-24/h2-13H,14-18H2,1H3. The van der Waals surface area contributed by atoms with Crippen molar-refractivity contribution in [3.05, 3.63) is 78.9 Å². The quantitative estimate of drug-likeness (QED) is 0.498. The number of fused-ring (bicyclic) bond motifs is 1. The number of benzene rings is 2. The molecule has 1 aliphatic rings. The van der Waals surface area contributed by atoms with Crippen LogP contribution in [0.3, 0.4) is 0 Å². The molecule has 2 aromatic heterocycles. The molecule has 4 aromatic rings. The van der Waals surface area contributed by atoms with E-state index in [1.54, 1.807) is 12.4 Å². The first kappa shape index (κ1) is 19.4. The average Bonchev–Trinajstić information content (AvgIpc) is 2.85. The van der Waals surface area contributed by atoms with E-state index in [1.165, 1.54) is 0 Å². The summed E-state index contributed by atoms with van der Waals surface area (Å²) in [5.41, 5.74) is 2.08. The van der Waals surface area contributed by atoms with Gasteiger partial charge in [0.05, 0.1) is 12.1 Å². The lowest BCUT2D eigenvalue weighted by atomic mass is 10.2. The van der Waals surface area contributed by atoms with E-state index in [0.29, 0.717) is 0 Å². The molecule has 0 saturated carbocycles. The molecule has 7 heteroatoms. The van der Waals surface area contributed by atoms with Gasteiger partial charge in [-0.25, -0.2) is 19.9 Å². The first-order valence-electron chi connectivity index (χ1n) is 10.6. The average molecular weight is 412 g/mol. The van der Waals surface area contributed by atoms with Crippen LogP contribution in [0.2, 0.25) is 0 Å². The monoisotopic (exact) mass is 411 g/mol. The number of piperazine rings is 1. The Morgan fingerprint density at radius 1 is 0.806 bits per heavy atom. The molecule has 1 saturated heterocycles. The maximum Gasteiger partial charge on any atom is 0.225 e. The van der Waals surface area contributed by atoms with Crippen molar-refractivity contribution in [3.8, 4) is 0 Å². The molecule has 7 nitrogen and oxygen atoms in total. The van der Waals surface area contributed by atoms with Crippen LogP contribution in [0.4, 0.5) is 17.5 Å². The van der Waals surface area contributed by atoms with Gasteiger partial charge in [-0.2, -0.15) is 0 Å². The van der Waals surface area contributed by atoms with Gasteiger partial charge in [0, 0.05) is 56.7 Å². The van der Waals surface area contributed by atoms with Gasteiger partial charge in [0.15, 0.2) is 0 Å². The number of nitrogens with zero attached hydrogens (tertiary/aromatic N) is 7. The smallest absolute Gasteiger partial charge is 0.225 e. The van der Waals surface area contributed by atoms with Gasteiger partial charge in [0.1, 0.15) is 11.6 Å². The normalized spacial score (nSPS) is 14.7. The van der Waals surface area contributed by atoms with Crippen LogP contribution in [0.15, 0.2) is 73.1 Å². The van der Waals surface area contributed by atoms with Crippen molar-refractivity contribution in [1.29, 1.82) is 0 Å². The molecule has 0 bridgehead atoms. The largest absolute Gasteiger partial charge is 0.338 e. The van der Waals surface area contributed by atoms with Crippen LogP contribution in [0.5, 0.6) is 0 Å². The molecule has 1 aliphatic heterocycles. The van der Waals surface area contributed by atoms with E-state index in [1.807, 2.05) is 36.4 Å². The summed E-state index contributed by atoms with van der Waals surface area (Å²) in [7, 11) is 2.06. The lowest BCUT2D eigenvalue weighted by Gasteiger charge is -2.34. The van der Waals surface area contributed by atoms with E-state index < -0.39 is 0 Å². The zero-order chi connectivity index (χ0) is 21.0. The summed E-state index contributed by atoms with van der Waals surface area (Å²) in [4.78, 5) is 25.4. The molecule has 0 amide bonds. The highest BCUT2D eigenvalue weighted by Crippen LogP contribution is 2.28. The number of para-hydroxylation sites is 2. The topological polar surface area (TPSA) is 61.3 Å². The van der Waals surface area contributed by atoms with Crippen molar-refractivity contribution in [2.75, 3.05) is 43.0 Å². The van der Waals surface area contributed by atoms with Crippen LogP contribution in [0.25, 0.3) is 10.9 Å². The number of rotatable bonds is 5. The van der Waals surface area contributed by atoms with Crippen molar-refractivity contribution in [2.24, 2.45) is 0 Å². The molecule has 0 atom stereocenters. The molecular weight excluding hydrogens is 386 g/mol. The molecule has 31 heavy (non-hydrogen) atoms. The Hall–Kier alpha value is -3.58. The van der Waals surface area contributed by atoms with E-state index in [-0.39, 0.29) is 0 Å². The van der Waals surface area contributed by atoms with Crippen molar-refractivity contribution >= 4 is 28.4 Å². The second-order valence-corrected chi connectivity index (χ2v) is 7.69. The summed E-state index contributed by atoms with van der Waals surface area (Å²) in [6, 6.07) is 20.4. The Balaban J connectivity index is 1.37. The summed E-state index contributed by atoms with van der Waals surface area (Å²) in [6.07, 6.45) is 3.59. The van der Waals surface area contributed by atoms with E-state index in [9.17, 15) is 0 Å². The summed E-state index contributed by atoms with van der Waals surface area (Å²) in [5.74, 6) is 2.58. The first-order chi connectivity index (χ1) is 15.3. The highest BCUT2D eigenvalue weighted by atomic mass is 15.3. The maximum atomic E-state index is 4.98. The van der Waals surface area contributed by atoms with Crippen molar-refractivity contribution in [2.45, 2.75) is 6.54 Å². The summed E-state index contributed by atoms with van der Waals surface area (Å²) in [6.45, 7) is 4.38. The third-order valence-electron chi connectivity index (χ3n) is 5.66.